The van der Waals surface area contributed by atoms with Crippen LogP contribution in [0.2, 0.25) is 5.02 Å². The molecule has 0 aromatic heterocycles. The van der Waals surface area contributed by atoms with Crippen LogP contribution in [-0.4, -0.2) is 31.0 Å². The van der Waals surface area contributed by atoms with Crippen molar-refractivity contribution < 1.29 is 22.0 Å². The SMILES string of the molecule is O=C1CC(S(=O)(=O)F)CN1c1c(Br)cc(Cl)cc1[N+](=O)[O-]. The standard InChI is InChI=1S/C10H7BrClFN2O5S/c11-7-1-5(12)2-8(15(17)18)10(7)14-4-6(3-9(14)16)21(13,19)20/h1-2,6H,3-4H2. The third-order valence-corrected chi connectivity index (χ3v) is 4.90. The lowest BCUT2D eigenvalue weighted by molar-refractivity contribution is -0.384. The Hall–Kier alpha value is -1.26. The van der Waals surface area contributed by atoms with Crippen LogP contribution < -0.4 is 4.90 Å². The lowest BCUT2D eigenvalue weighted by Crippen LogP contribution is -2.28. The predicted molar refractivity (Wildman–Crippen MR) is 76.6 cm³/mol. The summed E-state index contributed by atoms with van der Waals surface area (Å²) in [5.74, 6) is -0.715. The van der Waals surface area contributed by atoms with Crippen molar-refractivity contribution in [2.75, 3.05) is 11.4 Å². The molecule has 1 heterocycles. The molecule has 0 radical (unpaired) electrons. The van der Waals surface area contributed by atoms with Crippen molar-refractivity contribution in [2.45, 2.75) is 11.7 Å². The molecule has 0 spiro atoms. The molecule has 2 rings (SSSR count). The van der Waals surface area contributed by atoms with Crippen LogP contribution in [0.15, 0.2) is 16.6 Å². The molecule has 1 aliphatic heterocycles. The fourth-order valence-electron chi connectivity index (χ4n) is 2.04. The fraction of sp³-hybridized carbons (Fsp3) is 0.300. The van der Waals surface area contributed by atoms with Gasteiger partial charge in [-0.3, -0.25) is 14.9 Å². The maximum atomic E-state index is 13.0. The number of rotatable bonds is 3. The van der Waals surface area contributed by atoms with Gasteiger partial charge in [-0.25, -0.2) is 0 Å². The van der Waals surface area contributed by atoms with Crippen molar-refractivity contribution >= 4 is 55.0 Å². The van der Waals surface area contributed by atoms with Gasteiger partial charge >= 0.3 is 10.2 Å². The van der Waals surface area contributed by atoms with Gasteiger partial charge in [0.1, 0.15) is 10.9 Å². The van der Waals surface area contributed by atoms with Crippen LogP contribution >= 0.6 is 27.5 Å². The number of nitro groups is 1. The van der Waals surface area contributed by atoms with Crippen molar-refractivity contribution in [2.24, 2.45) is 0 Å². The minimum Gasteiger partial charge on any atom is -0.304 e. The van der Waals surface area contributed by atoms with Crippen molar-refractivity contribution in [3.05, 3.63) is 31.7 Å². The minimum atomic E-state index is -4.90. The van der Waals surface area contributed by atoms with Gasteiger partial charge in [0.25, 0.3) is 5.69 Å². The first kappa shape index (κ1) is 16.1. The summed E-state index contributed by atoms with van der Waals surface area (Å²) in [6.45, 7) is -0.487. The molecule has 1 saturated heterocycles. The summed E-state index contributed by atoms with van der Waals surface area (Å²) in [5, 5.41) is 9.60. The van der Waals surface area contributed by atoms with Crippen LogP contribution in [0.3, 0.4) is 0 Å². The van der Waals surface area contributed by atoms with Crippen LogP contribution in [0, 0.1) is 10.1 Å². The van der Waals surface area contributed by atoms with Gasteiger partial charge in [-0.1, -0.05) is 11.6 Å². The highest BCUT2D eigenvalue weighted by molar-refractivity contribution is 9.10. The van der Waals surface area contributed by atoms with Gasteiger partial charge in [0.15, 0.2) is 0 Å². The van der Waals surface area contributed by atoms with Gasteiger partial charge in [-0.05, 0) is 22.0 Å². The monoisotopic (exact) mass is 400 g/mol. The van der Waals surface area contributed by atoms with Gasteiger partial charge in [-0.2, -0.15) is 8.42 Å². The van der Waals surface area contributed by atoms with Gasteiger partial charge in [0.2, 0.25) is 5.91 Å². The van der Waals surface area contributed by atoms with Gasteiger partial charge < -0.3 is 4.90 Å². The van der Waals surface area contributed by atoms with Crippen molar-refractivity contribution in [1.82, 2.24) is 0 Å². The number of carbonyl (C=O) groups excluding carboxylic acids is 1. The number of amides is 1. The second-order valence-corrected chi connectivity index (χ2v) is 7.23. The Kier molecular flexibility index (Phi) is 4.22. The third-order valence-electron chi connectivity index (χ3n) is 2.96. The number of carbonyl (C=O) groups is 1. The Bertz CT molecular complexity index is 741. The predicted octanol–water partition coefficient (Wildman–Crippen LogP) is 2.42. The normalized spacial score (nSPS) is 19.1. The van der Waals surface area contributed by atoms with E-state index in [-0.39, 0.29) is 15.2 Å². The van der Waals surface area contributed by atoms with E-state index in [0.29, 0.717) is 0 Å². The Morgan fingerprint density at radius 3 is 2.57 bits per heavy atom. The van der Waals surface area contributed by atoms with E-state index in [1.165, 1.54) is 6.07 Å². The number of hydrogen-bond acceptors (Lipinski definition) is 5. The van der Waals surface area contributed by atoms with Crippen LogP contribution in [0.4, 0.5) is 15.3 Å². The molecule has 1 fully saturated rings. The lowest BCUT2D eigenvalue weighted by Gasteiger charge is -2.18. The second kappa shape index (κ2) is 5.50. The van der Waals surface area contributed by atoms with Crippen LogP contribution in [0.5, 0.6) is 0 Å². The average Bonchev–Trinajstić information content (AvgIpc) is 2.70. The Balaban J connectivity index is 2.53. The summed E-state index contributed by atoms with van der Waals surface area (Å²) in [6.07, 6.45) is -0.564. The first-order valence-corrected chi connectivity index (χ1v) is 8.10. The van der Waals surface area contributed by atoms with Crippen molar-refractivity contribution in [3.63, 3.8) is 0 Å². The maximum absolute atomic E-state index is 13.0. The Labute approximate surface area is 132 Å². The summed E-state index contributed by atoms with van der Waals surface area (Å²) < 4.78 is 35.0. The average molecular weight is 402 g/mol. The van der Waals surface area contributed by atoms with E-state index >= 15 is 0 Å². The molecular formula is C10H7BrClFN2O5S. The van der Waals surface area contributed by atoms with E-state index in [1.54, 1.807) is 0 Å². The number of anilines is 1. The topological polar surface area (TPSA) is 97.6 Å². The molecule has 1 atom stereocenters. The fourth-order valence-corrected chi connectivity index (χ4v) is 3.72. The molecule has 1 aliphatic rings. The number of hydrogen-bond donors (Lipinski definition) is 0. The third kappa shape index (κ3) is 3.16. The molecule has 1 amide bonds. The zero-order valence-corrected chi connectivity index (χ0v) is 13.3. The highest BCUT2D eigenvalue weighted by Gasteiger charge is 2.42. The molecule has 1 aromatic carbocycles. The molecule has 7 nitrogen and oxygen atoms in total. The quantitative estimate of drug-likeness (QED) is 0.440. The second-order valence-electron chi connectivity index (χ2n) is 4.32. The molecule has 21 heavy (non-hydrogen) atoms. The molecule has 1 aromatic rings. The van der Waals surface area contributed by atoms with Crippen LogP contribution in [-0.2, 0) is 15.0 Å². The van der Waals surface area contributed by atoms with E-state index < -0.39 is 45.0 Å². The van der Waals surface area contributed by atoms with E-state index in [9.17, 15) is 27.2 Å². The summed E-state index contributed by atoms with van der Waals surface area (Å²) >= 11 is 8.76. The minimum absolute atomic E-state index is 0.0682. The number of halogens is 3. The summed E-state index contributed by atoms with van der Waals surface area (Å²) in [5.41, 5.74) is -0.611. The smallest absolute Gasteiger partial charge is 0.304 e. The van der Waals surface area contributed by atoms with E-state index in [4.69, 9.17) is 11.6 Å². The van der Waals surface area contributed by atoms with E-state index in [1.807, 2.05) is 0 Å². The molecule has 0 N–H and O–H groups in total. The molecule has 0 saturated carbocycles. The van der Waals surface area contributed by atoms with Gasteiger partial charge in [0.05, 0.1) is 4.92 Å². The van der Waals surface area contributed by atoms with Gasteiger partial charge in [0, 0.05) is 28.5 Å². The molecule has 0 aliphatic carbocycles. The number of nitrogens with zero attached hydrogens (tertiary/aromatic N) is 2. The van der Waals surface area contributed by atoms with Crippen molar-refractivity contribution in [3.8, 4) is 0 Å². The van der Waals surface area contributed by atoms with Crippen LogP contribution in [0.1, 0.15) is 6.42 Å². The highest BCUT2D eigenvalue weighted by Crippen LogP contribution is 2.41. The maximum Gasteiger partial charge on any atom is 0.307 e. The highest BCUT2D eigenvalue weighted by atomic mass is 79.9. The molecule has 0 bridgehead atoms. The molecule has 11 heteroatoms. The lowest BCUT2D eigenvalue weighted by atomic mass is 10.2. The zero-order valence-electron chi connectivity index (χ0n) is 10.1. The van der Waals surface area contributed by atoms with Gasteiger partial charge in [-0.15, -0.1) is 3.89 Å². The summed E-state index contributed by atoms with van der Waals surface area (Å²) in [7, 11) is -4.90. The first-order chi connectivity index (χ1) is 9.61. The Morgan fingerprint density at radius 1 is 1.48 bits per heavy atom. The van der Waals surface area contributed by atoms with Crippen molar-refractivity contribution in [1.29, 1.82) is 0 Å². The zero-order chi connectivity index (χ0) is 15.9. The molecular weight excluding hydrogens is 395 g/mol. The largest absolute Gasteiger partial charge is 0.307 e. The summed E-state index contributed by atoms with van der Waals surface area (Å²) in [6, 6.07) is 2.36. The first-order valence-electron chi connectivity index (χ1n) is 5.48. The van der Waals surface area contributed by atoms with Crippen LogP contribution in [0.25, 0.3) is 0 Å². The summed E-state index contributed by atoms with van der Waals surface area (Å²) in [4.78, 5) is 23.0. The number of benzene rings is 1. The Morgan fingerprint density at radius 2 is 2.10 bits per heavy atom. The number of nitro benzene ring substituents is 1. The van der Waals surface area contributed by atoms with E-state index in [0.717, 1.165) is 11.0 Å². The molecule has 1 unspecified atom stereocenters. The van der Waals surface area contributed by atoms with E-state index in [2.05, 4.69) is 15.9 Å². The molecule has 114 valence electrons.